The summed E-state index contributed by atoms with van der Waals surface area (Å²) in [5.41, 5.74) is 1.50. The van der Waals surface area contributed by atoms with Crippen LogP contribution in [-0.2, 0) is 21.2 Å². The van der Waals surface area contributed by atoms with E-state index in [1.807, 2.05) is 18.2 Å². The molecule has 0 saturated carbocycles. The summed E-state index contributed by atoms with van der Waals surface area (Å²) in [5, 5.41) is 3.00. The molecular formula is C21H28N4O3S. The molecule has 1 N–H and O–H groups in total. The molecule has 1 amide bonds. The van der Waals surface area contributed by atoms with E-state index in [4.69, 9.17) is 0 Å². The number of sulfonamides is 1. The number of likely N-dealkylation sites (N-methyl/N-ethyl adjacent to an activating group) is 1. The third-order valence-corrected chi connectivity index (χ3v) is 6.39. The van der Waals surface area contributed by atoms with Gasteiger partial charge in [-0.15, -0.1) is 4.40 Å². The lowest BCUT2D eigenvalue weighted by molar-refractivity contribution is -0.117. The fourth-order valence-electron chi connectivity index (χ4n) is 3.66. The standard InChI is InChI=1S/C21H28N4O3S/c1-3-24(4-2)18(15-17-9-6-5-7-10-17)16-22-21(26)19-11-8-12-25-13-14-29(27,28)23-20(19)25/h5-12,18H,3-4,13-16H2,1-2H3,(H,22,26). The summed E-state index contributed by atoms with van der Waals surface area (Å²) in [7, 11) is -3.53. The highest BCUT2D eigenvalue weighted by molar-refractivity contribution is 7.90. The van der Waals surface area contributed by atoms with E-state index < -0.39 is 10.0 Å². The van der Waals surface area contributed by atoms with Gasteiger partial charge in [0, 0.05) is 25.3 Å². The van der Waals surface area contributed by atoms with Crippen LogP contribution in [0.2, 0.25) is 0 Å². The fourth-order valence-corrected chi connectivity index (χ4v) is 4.64. The van der Waals surface area contributed by atoms with Crippen molar-refractivity contribution in [1.82, 2.24) is 15.1 Å². The number of fused-ring (bicyclic) bond motifs is 1. The predicted octanol–water partition coefficient (Wildman–Crippen LogP) is 1.55. The van der Waals surface area contributed by atoms with E-state index in [0.29, 0.717) is 13.1 Å². The maximum Gasteiger partial charge on any atom is 0.256 e. The first-order chi connectivity index (χ1) is 13.9. The molecule has 8 heteroatoms. The molecule has 0 spiro atoms. The average Bonchev–Trinajstić information content (AvgIpc) is 2.72. The number of hydrogen-bond acceptors (Lipinski definition) is 5. The second-order valence-electron chi connectivity index (χ2n) is 7.09. The van der Waals surface area contributed by atoms with Crippen LogP contribution in [0, 0.1) is 0 Å². The lowest BCUT2D eigenvalue weighted by atomic mass is 10.0. The summed E-state index contributed by atoms with van der Waals surface area (Å²) < 4.78 is 27.6. The van der Waals surface area contributed by atoms with Crippen molar-refractivity contribution < 1.29 is 13.2 Å². The Bertz CT molecular complexity index is 919. The molecule has 2 aliphatic heterocycles. The maximum atomic E-state index is 12.9. The number of nitrogens with zero attached hydrogens (tertiary/aromatic N) is 3. The third-order valence-electron chi connectivity index (χ3n) is 5.24. The highest BCUT2D eigenvalue weighted by Gasteiger charge is 2.30. The Morgan fingerprint density at radius 3 is 2.66 bits per heavy atom. The Balaban J connectivity index is 1.73. The van der Waals surface area contributed by atoms with Crippen molar-refractivity contribution in [3.8, 4) is 0 Å². The van der Waals surface area contributed by atoms with E-state index in [0.717, 1.165) is 19.5 Å². The number of benzene rings is 1. The van der Waals surface area contributed by atoms with Crippen LogP contribution in [0.1, 0.15) is 19.4 Å². The Morgan fingerprint density at radius 1 is 1.24 bits per heavy atom. The minimum absolute atomic E-state index is 0.0448. The van der Waals surface area contributed by atoms with Gasteiger partial charge in [0.2, 0.25) is 0 Å². The number of carbonyl (C=O) groups is 1. The van der Waals surface area contributed by atoms with Gasteiger partial charge in [-0.1, -0.05) is 44.2 Å². The number of amides is 1. The zero-order valence-corrected chi connectivity index (χ0v) is 17.7. The van der Waals surface area contributed by atoms with Crippen LogP contribution < -0.4 is 5.32 Å². The molecule has 0 radical (unpaired) electrons. The van der Waals surface area contributed by atoms with Crippen LogP contribution in [0.15, 0.2) is 58.7 Å². The van der Waals surface area contributed by atoms with Gasteiger partial charge in [0.15, 0.2) is 5.84 Å². The Labute approximate surface area is 172 Å². The van der Waals surface area contributed by atoms with E-state index >= 15 is 0 Å². The number of allylic oxidation sites excluding steroid dienone is 2. The molecule has 0 aliphatic carbocycles. The summed E-state index contributed by atoms with van der Waals surface area (Å²) in [6.45, 7) is 6.76. The van der Waals surface area contributed by atoms with Crippen LogP contribution in [-0.4, -0.2) is 67.9 Å². The largest absolute Gasteiger partial charge is 0.350 e. The zero-order chi connectivity index (χ0) is 20.9. The first kappa shape index (κ1) is 21.3. The van der Waals surface area contributed by atoms with Crippen molar-refractivity contribution in [3.63, 3.8) is 0 Å². The van der Waals surface area contributed by atoms with Crippen LogP contribution in [0.5, 0.6) is 0 Å². The quantitative estimate of drug-likeness (QED) is 0.695. The van der Waals surface area contributed by atoms with Crippen molar-refractivity contribution in [3.05, 3.63) is 59.8 Å². The molecule has 1 aromatic carbocycles. The minimum atomic E-state index is -3.53. The van der Waals surface area contributed by atoms with Crippen LogP contribution in [0.4, 0.5) is 0 Å². The molecule has 0 aromatic heterocycles. The molecule has 0 saturated heterocycles. The zero-order valence-electron chi connectivity index (χ0n) is 16.9. The van der Waals surface area contributed by atoms with E-state index in [1.165, 1.54) is 5.56 Å². The van der Waals surface area contributed by atoms with Crippen molar-refractivity contribution in [2.75, 3.05) is 31.9 Å². The second-order valence-corrected chi connectivity index (χ2v) is 8.85. The summed E-state index contributed by atoms with van der Waals surface area (Å²) >= 11 is 0. The van der Waals surface area contributed by atoms with Crippen molar-refractivity contribution in [2.24, 2.45) is 4.40 Å². The van der Waals surface area contributed by atoms with Gasteiger partial charge in [0.05, 0.1) is 11.3 Å². The first-order valence-corrected chi connectivity index (χ1v) is 11.6. The van der Waals surface area contributed by atoms with Crippen molar-refractivity contribution in [1.29, 1.82) is 0 Å². The normalized spacial score (nSPS) is 18.7. The van der Waals surface area contributed by atoms with Crippen molar-refractivity contribution >= 4 is 21.8 Å². The number of rotatable bonds is 8. The molecule has 1 unspecified atom stereocenters. The topological polar surface area (TPSA) is 82.1 Å². The van der Waals surface area contributed by atoms with E-state index in [2.05, 4.69) is 40.6 Å². The van der Waals surface area contributed by atoms with Crippen LogP contribution >= 0.6 is 0 Å². The lowest BCUT2D eigenvalue weighted by Crippen LogP contribution is -2.47. The molecule has 3 rings (SSSR count). The molecule has 7 nitrogen and oxygen atoms in total. The lowest BCUT2D eigenvalue weighted by Gasteiger charge is -2.31. The maximum absolute atomic E-state index is 12.9. The molecule has 0 bridgehead atoms. The predicted molar refractivity (Wildman–Crippen MR) is 115 cm³/mol. The summed E-state index contributed by atoms with van der Waals surface area (Å²) in [6.07, 6.45) is 5.94. The molecule has 0 fully saturated rings. The number of hydrogen-bond donors (Lipinski definition) is 1. The van der Waals surface area contributed by atoms with Gasteiger partial charge in [-0.25, -0.2) is 8.42 Å². The van der Waals surface area contributed by atoms with Crippen LogP contribution in [0.25, 0.3) is 0 Å². The summed E-state index contributed by atoms with van der Waals surface area (Å²) in [6, 6.07) is 10.3. The Hall–Kier alpha value is -2.45. The van der Waals surface area contributed by atoms with Gasteiger partial charge in [-0.3, -0.25) is 9.69 Å². The molecule has 29 heavy (non-hydrogen) atoms. The monoisotopic (exact) mass is 416 g/mol. The minimum Gasteiger partial charge on any atom is -0.350 e. The fraction of sp³-hybridized carbons (Fsp3) is 0.429. The highest BCUT2D eigenvalue weighted by atomic mass is 32.2. The van der Waals surface area contributed by atoms with Gasteiger partial charge in [-0.2, -0.15) is 0 Å². The van der Waals surface area contributed by atoms with E-state index in [1.54, 1.807) is 23.3 Å². The first-order valence-electron chi connectivity index (χ1n) is 9.97. The van der Waals surface area contributed by atoms with E-state index in [9.17, 15) is 13.2 Å². The number of nitrogens with one attached hydrogen (secondary N) is 1. The Morgan fingerprint density at radius 2 is 1.97 bits per heavy atom. The van der Waals surface area contributed by atoms with Gasteiger partial charge in [-0.05, 0) is 37.2 Å². The summed E-state index contributed by atoms with van der Waals surface area (Å²) in [4.78, 5) is 16.9. The third kappa shape index (κ3) is 5.33. The van der Waals surface area contributed by atoms with Crippen molar-refractivity contribution in [2.45, 2.75) is 26.3 Å². The highest BCUT2D eigenvalue weighted by Crippen LogP contribution is 2.18. The SMILES string of the molecule is CCN(CC)C(CNC(=O)C1=CC=CN2CCS(=O)(=O)N=C12)Cc1ccccc1. The van der Waals surface area contributed by atoms with Crippen LogP contribution in [0.3, 0.4) is 0 Å². The molecule has 156 valence electrons. The molecule has 1 aromatic rings. The molecule has 2 aliphatic rings. The number of amidine groups is 1. The number of carbonyl (C=O) groups excluding carboxylic acids is 1. The van der Waals surface area contributed by atoms with E-state index in [-0.39, 0.29) is 29.1 Å². The van der Waals surface area contributed by atoms with Gasteiger partial charge >= 0.3 is 0 Å². The Kier molecular flexibility index (Phi) is 6.87. The summed E-state index contributed by atoms with van der Waals surface area (Å²) in [5.74, 6) is -0.143. The van der Waals surface area contributed by atoms with Gasteiger partial charge in [0.25, 0.3) is 15.9 Å². The average molecular weight is 417 g/mol. The van der Waals surface area contributed by atoms with Gasteiger partial charge in [0.1, 0.15) is 0 Å². The van der Waals surface area contributed by atoms with Gasteiger partial charge < -0.3 is 10.2 Å². The second kappa shape index (κ2) is 9.37. The molecule has 2 heterocycles. The smallest absolute Gasteiger partial charge is 0.256 e. The molecule has 1 atom stereocenters. The molecular weight excluding hydrogens is 388 g/mol.